The zero-order valence-corrected chi connectivity index (χ0v) is 15.7. The predicted octanol–water partition coefficient (Wildman–Crippen LogP) is 1.11. The number of nitrogens with zero attached hydrogens (tertiary/aromatic N) is 5. The Morgan fingerprint density at radius 2 is 1.93 bits per heavy atom. The summed E-state index contributed by atoms with van der Waals surface area (Å²) in [5.41, 5.74) is 1.82. The van der Waals surface area contributed by atoms with Crippen molar-refractivity contribution in [3.05, 3.63) is 53.6 Å². The number of aromatic nitrogens is 2. The molecule has 0 atom stereocenters. The zero-order valence-electron chi connectivity index (χ0n) is 15.7. The molecule has 27 heavy (non-hydrogen) atoms. The Morgan fingerprint density at radius 3 is 2.63 bits per heavy atom. The number of amides is 2. The lowest BCUT2D eigenvalue weighted by atomic mass is 10.1. The van der Waals surface area contributed by atoms with Crippen LogP contribution in [0.5, 0.6) is 0 Å². The minimum atomic E-state index is 0.0401. The van der Waals surface area contributed by atoms with E-state index in [0.29, 0.717) is 19.5 Å². The van der Waals surface area contributed by atoms with Crippen LogP contribution in [0.2, 0.25) is 0 Å². The molecule has 7 heteroatoms. The molecular formula is C20H25N5O2. The molecule has 1 aromatic heterocycles. The van der Waals surface area contributed by atoms with E-state index in [-0.39, 0.29) is 11.8 Å². The Kier molecular flexibility index (Phi) is 4.94. The van der Waals surface area contributed by atoms with Gasteiger partial charge in [0.25, 0.3) is 5.91 Å². The summed E-state index contributed by atoms with van der Waals surface area (Å²) < 4.78 is 2.03. The second-order valence-electron chi connectivity index (χ2n) is 7.25. The number of fused-ring (bicyclic) bond motifs is 1. The highest BCUT2D eigenvalue weighted by Gasteiger charge is 2.28. The van der Waals surface area contributed by atoms with Crippen LogP contribution in [0.15, 0.2) is 36.7 Å². The first-order valence-electron chi connectivity index (χ1n) is 9.45. The third kappa shape index (κ3) is 3.73. The van der Waals surface area contributed by atoms with E-state index in [2.05, 4.69) is 9.88 Å². The molecule has 2 amide bonds. The highest BCUT2D eigenvalue weighted by Crippen LogP contribution is 2.22. The Bertz CT molecular complexity index is 838. The standard InChI is InChI=1S/C20H25N5O2/c1-22-9-7-21-18(22)15-23-10-12-24(13-11-23)19(26)6-8-25-14-16-4-2-3-5-17(16)20(25)27/h2-5,7,9H,6,8,10-15H2,1H3. The van der Waals surface area contributed by atoms with E-state index < -0.39 is 0 Å². The number of carbonyl (C=O) groups excluding carboxylic acids is 2. The summed E-state index contributed by atoms with van der Waals surface area (Å²) in [6.45, 7) is 5.08. The largest absolute Gasteiger partial charge is 0.340 e. The molecular weight excluding hydrogens is 342 g/mol. The van der Waals surface area contributed by atoms with Crippen LogP contribution in [0.1, 0.15) is 28.2 Å². The van der Waals surface area contributed by atoms with Crippen molar-refractivity contribution < 1.29 is 9.59 Å². The van der Waals surface area contributed by atoms with Crippen LogP contribution in [0.3, 0.4) is 0 Å². The van der Waals surface area contributed by atoms with Gasteiger partial charge in [0.15, 0.2) is 0 Å². The minimum Gasteiger partial charge on any atom is -0.340 e. The highest BCUT2D eigenvalue weighted by molar-refractivity contribution is 5.98. The van der Waals surface area contributed by atoms with Gasteiger partial charge >= 0.3 is 0 Å². The second-order valence-corrected chi connectivity index (χ2v) is 7.25. The van der Waals surface area contributed by atoms with Crippen molar-refractivity contribution in [1.29, 1.82) is 0 Å². The van der Waals surface area contributed by atoms with Gasteiger partial charge in [0, 0.05) is 70.7 Å². The van der Waals surface area contributed by atoms with Gasteiger partial charge in [0.2, 0.25) is 5.91 Å². The Morgan fingerprint density at radius 1 is 1.15 bits per heavy atom. The topological polar surface area (TPSA) is 61.7 Å². The maximum atomic E-state index is 12.6. The number of imidazole rings is 1. The Hall–Kier alpha value is -2.67. The maximum absolute atomic E-state index is 12.6. The number of rotatable bonds is 5. The fraction of sp³-hybridized carbons (Fsp3) is 0.450. The van der Waals surface area contributed by atoms with E-state index in [0.717, 1.165) is 49.7 Å². The van der Waals surface area contributed by atoms with Crippen LogP contribution in [0, 0.1) is 0 Å². The first-order chi connectivity index (χ1) is 13.1. The van der Waals surface area contributed by atoms with Gasteiger partial charge < -0.3 is 14.4 Å². The van der Waals surface area contributed by atoms with Crippen molar-refractivity contribution in [2.24, 2.45) is 7.05 Å². The van der Waals surface area contributed by atoms with Crippen molar-refractivity contribution in [1.82, 2.24) is 24.3 Å². The van der Waals surface area contributed by atoms with E-state index in [9.17, 15) is 9.59 Å². The van der Waals surface area contributed by atoms with Crippen molar-refractivity contribution in [2.75, 3.05) is 32.7 Å². The molecule has 2 aromatic rings. The zero-order chi connectivity index (χ0) is 18.8. The predicted molar refractivity (Wildman–Crippen MR) is 101 cm³/mol. The third-order valence-corrected chi connectivity index (χ3v) is 5.50. The molecule has 4 rings (SSSR count). The van der Waals surface area contributed by atoms with Gasteiger partial charge in [-0.2, -0.15) is 0 Å². The molecule has 1 saturated heterocycles. The van der Waals surface area contributed by atoms with Crippen molar-refractivity contribution in [3.8, 4) is 0 Å². The Balaban J connectivity index is 1.23. The number of benzene rings is 1. The molecule has 0 N–H and O–H groups in total. The molecule has 7 nitrogen and oxygen atoms in total. The molecule has 0 spiro atoms. The number of aryl methyl sites for hydroxylation is 1. The summed E-state index contributed by atoms with van der Waals surface area (Å²) >= 11 is 0. The smallest absolute Gasteiger partial charge is 0.254 e. The highest BCUT2D eigenvalue weighted by atomic mass is 16.2. The van der Waals surface area contributed by atoms with Gasteiger partial charge in [-0.3, -0.25) is 14.5 Å². The molecule has 0 unspecified atom stereocenters. The van der Waals surface area contributed by atoms with Crippen LogP contribution >= 0.6 is 0 Å². The van der Waals surface area contributed by atoms with Crippen molar-refractivity contribution in [3.63, 3.8) is 0 Å². The fourth-order valence-corrected chi connectivity index (χ4v) is 3.79. The van der Waals surface area contributed by atoms with Crippen LogP contribution < -0.4 is 0 Å². The lowest BCUT2D eigenvalue weighted by Crippen LogP contribution is -2.49. The normalized spacial score (nSPS) is 17.4. The number of hydrogen-bond donors (Lipinski definition) is 0. The van der Waals surface area contributed by atoms with Gasteiger partial charge in [-0.25, -0.2) is 4.98 Å². The molecule has 0 saturated carbocycles. The molecule has 3 heterocycles. The molecule has 2 aliphatic heterocycles. The van der Waals surface area contributed by atoms with E-state index in [1.54, 1.807) is 4.90 Å². The van der Waals surface area contributed by atoms with Gasteiger partial charge in [0.1, 0.15) is 5.82 Å². The van der Waals surface area contributed by atoms with Gasteiger partial charge in [0.05, 0.1) is 6.54 Å². The van der Waals surface area contributed by atoms with E-state index in [1.165, 1.54) is 0 Å². The molecule has 0 aliphatic carbocycles. The lowest BCUT2D eigenvalue weighted by Gasteiger charge is -2.34. The monoisotopic (exact) mass is 367 g/mol. The van der Waals surface area contributed by atoms with E-state index in [1.807, 2.05) is 53.2 Å². The first kappa shape index (κ1) is 17.7. The molecule has 0 radical (unpaired) electrons. The summed E-state index contributed by atoms with van der Waals surface area (Å²) in [7, 11) is 2.00. The lowest BCUT2D eigenvalue weighted by molar-refractivity contribution is -0.133. The number of carbonyl (C=O) groups is 2. The van der Waals surface area contributed by atoms with Crippen molar-refractivity contribution >= 4 is 11.8 Å². The first-order valence-corrected chi connectivity index (χ1v) is 9.45. The molecule has 142 valence electrons. The quantitative estimate of drug-likeness (QED) is 0.794. The van der Waals surface area contributed by atoms with Crippen LogP contribution in [0.4, 0.5) is 0 Å². The fourth-order valence-electron chi connectivity index (χ4n) is 3.79. The van der Waals surface area contributed by atoms with Crippen LogP contribution in [-0.2, 0) is 24.9 Å². The summed E-state index contributed by atoms with van der Waals surface area (Å²) in [6.07, 6.45) is 4.15. The summed E-state index contributed by atoms with van der Waals surface area (Å²) in [5, 5.41) is 0. The van der Waals surface area contributed by atoms with Crippen LogP contribution in [0.25, 0.3) is 0 Å². The third-order valence-electron chi connectivity index (χ3n) is 5.50. The average molecular weight is 367 g/mol. The minimum absolute atomic E-state index is 0.0401. The SMILES string of the molecule is Cn1ccnc1CN1CCN(C(=O)CCN2Cc3ccccc3C2=O)CC1. The second kappa shape index (κ2) is 7.52. The van der Waals surface area contributed by atoms with Crippen LogP contribution in [-0.4, -0.2) is 68.8 Å². The molecule has 0 bridgehead atoms. The van der Waals surface area contributed by atoms with E-state index in [4.69, 9.17) is 0 Å². The molecule has 1 fully saturated rings. The van der Waals surface area contributed by atoms with E-state index >= 15 is 0 Å². The van der Waals surface area contributed by atoms with Gasteiger partial charge in [-0.05, 0) is 11.6 Å². The maximum Gasteiger partial charge on any atom is 0.254 e. The van der Waals surface area contributed by atoms with Gasteiger partial charge in [-0.1, -0.05) is 18.2 Å². The summed E-state index contributed by atoms with van der Waals surface area (Å²) in [4.78, 5) is 35.3. The summed E-state index contributed by atoms with van der Waals surface area (Å²) in [6, 6.07) is 7.68. The summed E-state index contributed by atoms with van der Waals surface area (Å²) in [5.74, 6) is 1.22. The van der Waals surface area contributed by atoms with Gasteiger partial charge in [-0.15, -0.1) is 0 Å². The number of hydrogen-bond acceptors (Lipinski definition) is 4. The number of piperazine rings is 1. The Labute approximate surface area is 159 Å². The molecule has 2 aliphatic rings. The van der Waals surface area contributed by atoms with Crippen molar-refractivity contribution in [2.45, 2.75) is 19.5 Å². The molecule has 1 aromatic carbocycles. The average Bonchev–Trinajstić information content (AvgIpc) is 3.24.